The molecular weight excluding hydrogens is 411 g/mol. The van der Waals surface area contributed by atoms with Crippen LogP contribution in [-0.4, -0.2) is 68.7 Å². The van der Waals surface area contributed by atoms with Gasteiger partial charge in [0.1, 0.15) is 5.82 Å². The smallest absolute Gasteiger partial charge is 0.243 e. The third kappa shape index (κ3) is 4.26. The Labute approximate surface area is 177 Å². The lowest BCUT2D eigenvalue weighted by atomic mass is 9.89. The maximum absolute atomic E-state index is 13.2. The third-order valence-corrected chi connectivity index (χ3v) is 8.40. The Morgan fingerprint density at radius 3 is 2.43 bits per heavy atom. The zero-order valence-electron chi connectivity index (χ0n) is 17.3. The van der Waals surface area contributed by atoms with E-state index < -0.39 is 21.6 Å². The lowest BCUT2D eigenvalue weighted by molar-refractivity contribution is -0.193. The van der Waals surface area contributed by atoms with Crippen LogP contribution in [0.2, 0.25) is 0 Å². The molecule has 166 valence electrons. The second-order valence-electron chi connectivity index (χ2n) is 8.49. The van der Waals surface area contributed by atoms with Gasteiger partial charge >= 0.3 is 0 Å². The number of hydrogen-bond donors (Lipinski definition) is 0. The highest BCUT2D eigenvalue weighted by Crippen LogP contribution is 2.35. The maximum atomic E-state index is 13.2. The number of hydrogen-bond acceptors (Lipinski definition) is 5. The number of halogens is 1. The highest BCUT2D eigenvalue weighted by molar-refractivity contribution is 7.89. The summed E-state index contributed by atoms with van der Waals surface area (Å²) in [5, 5.41) is 0. The van der Waals surface area contributed by atoms with Crippen molar-refractivity contribution in [2.24, 2.45) is 11.8 Å². The minimum absolute atomic E-state index is 0.000281. The van der Waals surface area contributed by atoms with E-state index in [1.165, 1.54) is 16.4 Å². The monoisotopic (exact) mass is 440 g/mol. The van der Waals surface area contributed by atoms with Crippen LogP contribution in [0.4, 0.5) is 4.39 Å². The predicted octanol–water partition coefficient (Wildman–Crippen LogP) is 2.23. The molecule has 0 unspecified atom stereocenters. The Morgan fingerprint density at radius 2 is 1.73 bits per heavy atom. The summed E-state index contributed by atoms with van der Waals surface area (Å²) in [7, 11) is -3.75. The number of rotatable bonds is 4. The van der Waals surface area contributed by atoms with Crippen molar-refractivity contribution in [3.8, 4) is 0 Å². The lowest BCUT2D eigenvalue weighted by Gasteiger charge is -2.42. The predicted molar refractivity (Wildman–Crippen MR) is 107 cm³/mol. The van der Waals surface area contributed by atoms with Crippen LogP contribution in [0, 0.1) is 17.7 Å². The van der Waals surface area contributed by atoms with Gasteiger partial charge in [0.2, 0.25) is 15.9 Å². The van der Waals surface area contributed by atoms with E-state index in [0.29, 0.717) is 45.7 Å². The second-order valence-corrected chi connectivity index (χ2v) is 10.4. The molecule has 2 atom stereocenters. The number of carbonyl (C=O) groups excluding carboxylic acids is 1. The number of piperidine rings is 2. The summed E-state index contributed by atoms with van der Waals surface area (Å²) in [6, 6.07) is 4.82. The molecule has 0 saturated carbocycles. The Hall–Kier alpha value is -1.55. The molecule has 4 rings (SSSR count). The first kappa shape index (κ1) is 21.7. The highest BCUT2D eigenvalue weighted by Gasteiger charge is 2.44. The Bertz CT molecular complexity index is 870. The van der Waals surface area contributed by atoms with E-state index in [1.54, 1.807) is 0 Å². The summed E-state index contributed by atoms with van der Waals surface area (Å²) in [5.41, 5.74) is 0. The molecule has 0 aliphatic carbocycles. The van der Waals surface area contributed by atoms with Crippen LogP contribution >= 0.6 is 0 Å². The van der Waals surface area contributed by atoms with E-state index in [0.717, 1.165) is 25.0 Å². The summed E-state index contributed by atoms with van der Waals surface area (Å²) in [6.45, 7) is 4.84. The summed E-state index contributed by atoms with van der Waals surface area (Å²) in [6.07, 6.45) is 3.11. The van der Waals surface area contributed by atoms with Crippen molar-refractivity contribution in [3.63, 3.8) is 0 Å². The van der Waals surface area contributed by atoms with Crippen LogP contribution < -0.4 is 0 Å². The number of nitrogens with zero attached hydrogens (tertiary/aromatic N) is 2. The molecule has 30 heavy (non-hydrogen) atoms. The summed E-state index contributed by atoms with van der Waals surface area (Å²) >= 11 is 0. The van der Waals surface area contributed by atoms with E-state index in [1.807, 2.05) is 11.8 Å². The molecule has 0 radical (unpaired) electrons. The molecular formula is C21H29FN2O5S. The van der Waals surface area contributed by atoms with E-state index in [2.05, 4.69) is 0 Å². The van der Waals surface area contributed by atoms with E-state index in [-0.39, 0.29) is 29.2 Å². The second kappa shape index (κ2) is 8.53. The number of carbonyl (C=O) groups is 1. The number of likely N-dealkylation sites (tertiary alicyclic amines) is 1. The maximum Gasteiger partial charge on any atom is 0.243 e. The van der Waals surface area contributed by atoms with Crippen LogP contribution in [0.15, 0.2) is 29.2 Å². The number of ether oxygens (including phenoxy) is 2. The first-order valence-corrected chi connectivity index (χ1v) is 12.1. The van der Waals surface area contributed by atoms with E-state index in [9.17, 15) is 17.6 Å². The average molecular weight is 441 g/mol. The normalized spacial score (nSPS) is 27.9. The molecule has 3 aliphatic heterocycles. The first-order chi connectivity index (χ1) is 14.3. The summed E-state index contributed by atoms with van der Waals surface area (Å²) in [4.78, 5) is 15.1. The molecule has 3 fully saturated rings. The van der Waals surface area contributed by atoms with Crippen LogP contribution in [-0.2, 0) is 24.3 Å². The van der Waals surface area contributed by atoms with Gasteiger partial charge in [0.15, 0.2) is 5.79 Å². The summed E-state index contributed by atoms with van der Waals surface area (Å²) in [5.74, 6) is -1.39. The van der Waals surface area contributed by atoms with Gasteiger partial charge in [-0.1, -0.05) is 0 Å². The van der Waals surface area contributed by atoms with Crippen molar-refractivity contribution in [1.29, 1.82) is 0 Å². The van der Waals surface area contributed by atoms with Gasteiger partial charge < -0.3 is 14.4 Å². The topological polar surface area (TPSA) is 76.2 Å². The fraction of sp³-hybridized carbons (Fsp3) is 0.667. The molecule has 7 nitrogen and oxygen atoms in total. The van der Waals surface area contributed by atoms with E-state index >= 15 is 0 Å². The van der Waals surface area contributed by atoms with Crippen LogP contribution in [0.1, 0.15) is 32.6 Å². The van der Waals surface area contributed by atoms with Gasteiger partial charge in [-0.05, 0) is 56.9 Å². The lowest BCUT2D eigenvalue weighted by Crippen LogP contribution is -2.52. The molecule has 3 aliphatic rings. The molecule has 9 heteroatoms. The molecule has 0 spiro atoms. The quantitative estimate of drug-likeness (QED) is 0.718. The molecule has 0 aromatic heterocycles. The largest absolute Gasteiger partial charge is 0.347 e. The number of benzene rings is 1. The minimum atomic E-state index is -3.75. The van der Waals surface area contributed by atoms with Gasteiger partial charge in [-0.2, -0.15) is 4.31 Å². The Morgan fingerprint density at radius 1 is 1.07 bits per heavy atom. The standard InChI is InChI=1S/C21H29FN2O5S/c1-21(28-12-13-29-21)17-5-3-10-23(15-17)20(25)16-4-2-11-24(14-16)30(26,27)19-8-6-18(22)7-9-19/h6-9,16-17H,2-5,10-15H2,1H3/t16-,17+/m1/s1. The van der Waals surface area contributed by atoms with Gasteiger partial charge in [-0.15, -0.1) is 0 Å². The fourth-order valence-corrected chi connectivity index (χ4v) is 6.27. The van der Waals surface area contributed by atoms with Crippen molar-refractivity contribution < 1.29 is 27.1 Å². The van der Waals surface area contributed by atoms with Crippen LogP contribution in [0.25, 0.3) is 0 Å². The zero-order valence-corrected chi connectivity index (χ0v) is 18.1. The van der Waals surface area contributed by atoms with Gasteiger partial charge in [-0.3, -0.25) is 4.79 Å². The summed E-state index contributed by atoms with van der Waals surface area (Å²) < 4.78 is 52.1. The van der Waals surface area contributed by atoms with Crippen molar-refractivity contribution >= 4 is 15.9 Å². The van der Waals surface area contributed by atoms with E-state index in [4.69, 9.17) is 9.47 Å². The van der Waals surface area contributed by atoms with Crippen molar-refractivity contribution in [3.05, 3.63) is 30.1 Å². The molecule has 0 N–H and O–H groups in total. The first-order valence-electron chi connectivity index (χ1n) is 10.6. The molecule has 3 saturated heterocycles. The van der Waals surface area contributed by atoms with Crippen LogP contribution in [0.5, 0.6) is 0 Å². The SMILES string of the molecule is CC1([C@H]2CCCN(C(=O)[C@@H]3CCCN(S(=O)(=O)c4ccc(F)cc4)C3)C2)OCCO1. The number of amides is 1. The third-order valence-electron chi connectivity index (χ3n) is 6.52. The van der Waals surface area contributed by atoms with Crippen molar-refractivity contribution in [1.82, 2.24) is 9.21 Å². The van der Waals surface area contributed by atoms with Gasteiger partial charge in [0.05, 0.1) is 24.0 Å². The van der Waals surface area contributed by atoms with Crippen molar-refractivity contribution in [2.75, 3.05) is 39.4 Å². The molecule has 3 heterocycles. The zero-order chi connectivity index (χ0) is 21.4. The molecule has 1 amide bonds. The van der Waals surface area contributed by atoms with Crippen LogP contribution in [0.3, 0.4) is 0 Å². The Balaban J connectivity index is 1.43. The molecule has 0 bridgehead atoms. The Kier molecular flexibility index (Phi) is 6.16. The number of sulfonamides is 1. The molecule has 1 aromatic rings. The van der Waals surface area contributed by atoms with Gasteiger partial charge in [0.25, 0.3) is 0 Å². The van der Waals surface area contributed by atoms with Gasteiger partial charge in [-0.25, -0.2) is 12.8 Å². The van der Waals surface area contributed by atoms with Crippen molar-refractivity contribution in [2.45, 2.75) is 43.3 Å². The minimum Gasteiger partial charge on any atom is -0.347 e. The molecule has 1 aromatic carbocycles. The van der Waals surface area contributed by atoms with Gasteiger partial charge in [0, 0.05) is 32.1 Å². The highest BCUT2D eigenvalue weighted by atomic mass is 32.2. The average Bonchev–Trinajstić information content (AvgIpc) is 3.21. The fourth-order valence-electron chi connectivity index (χ4n) is 4.75.